The Morgan fingerprint density at radius 2 is 1.60 bits per heavy atom. The lowest BCUT2D eigenvalue weighted by Gasteiger charge is -2.21. The van der Waals surface area contributed by atoms with Gasteiger partial charge in [-0.1, -0.05) is 18.2 Å². The smallest absolute Gasteiger partial charge is 0.305 e. The zero-order valence-corrected chi connectivity index (χ0v) is 17.5. The Hall–Kier alpha value is -3.32. The largest absolute Gasteiger partial charge is 0.450 e. The molecule has 30 heavy (non-hydrogen) atoms. The highest BCUT2D eigenvalue weighted by molar-refractivity contribution is 6.01. The van der Waals surface area contributed by atoms with Crippen molar-refractivity contribution in [3.8, 4) is 0 Å². The van der Waals surface area contributed by atoms with Gasteiger partial charge in [-0.25, -0.2) is 0 Å². The molecule has 0 saturated heterocycles. The molecule has 0 saturated carbocycles. The normalized spacial score (nSPS) is 10.8. The van der Waals surface area contributed by atoms with Gasteiger partial charge in [0.05, 0.1) is 6.61 Å². The quantitative estimate of drug-likeness (QED) is 0.552. The topological polar surface area (TPSA) is 83.8 Å². The van der Waals surface area contributed by atoms with Crippen molar-refractivity contribution in [1.29, 1.82) is 0 Å². The van der Waals surface area contributed by atoms with Crippen molar-refractivity contribution in [3.63, 3.8) is 0 Å². The fourth-order valence-corrected chi connectivity index (χ4v) is 3.28. The molecular weight excluding hydrogens is 382 g/mol. The third-order valence-electron chi connectivity index (χ3n) is 4.90. The molecule has 0 aliphatic heterocycles. The number of hydrazine groups is 1. The SMILES string of the molecule is CCOCc1c(C(=O)NNC(=O)c2ccc(N(CC)CC)cc2)oc2ccccc12. The number of fused-ring (bicyclic) bond motifs is 1. The number of anilines is 1. The Bertz CT molecular complexity index is 1010. The predicted octanol–water partition coefficient (Wildman–Crippen LogP) is 3.89. The molecule has 2 aromatic carbocycles. The van der Waals surface area contributed by atoms with Gasteiger partial charge in [0.25, 0.3) is 5.91 Å². The van der Waals surface area contributed by atoms with E-state index in [9.17, 15) is 9.59 Å². The first kappa shape index (κ1) is 21.4. The molecular formula is C23H27N3O4. The highest BCUT2D eigenvalue weighted by Gasteiger charge is 2.21. The van der Waals surface area contributed by atoms with Crippen LogP contribution in [-0.4, -0.2) is 31.5 Å². The summed E-state index contributed by atoms with van der Waals surface area (Å²) in [6, 6.07) is 14.6. The highest BCUT2D eigenvalue weighted by Crippen LogP contribution is 2.26. The summed E-state index contributed by atoms with van der Waals surface area (Å²) in [7, 11) is 0. The molecule has 0 bridgehead atoms. The number of para-hydroxylation sites is 1. The number of carbonyl (C=O) groups excluding carboxylic acids is 2. The first-order valence-corrected chi connectivity index (χ1v) is 10.1. The lowest BCUT2D eigenvalue weighted by atomic mass is 10.1. The second kappa shape index (κ2) is 9.93. The zero-order valence-electron chi connectivity index (χ0n) is 17.5. The number of hydrogen-bond donors (Lipinski definition) is 2. The lowest BCUT2D eigenvalue weighted by Crippen LogP contribution is -2.41. The van der Waals surface area contributed by atoms with Gasteiger partial charge in [0, 0.05) is 41.9 Å². The molecule has 0 atom stereocenters. The standard InChI is InChI=1S/C23H27N3O4/c1-4-26(5-2)17-13-11-16(12-14-17)22(27)24-25-23(28)21-19(15-29-6-3)18-9-7-8-10-20(18)30-21/h7-14H,4-6,15H2,1-3H3,(H,24,27)(H,25,28). The van der Waals surface area contributed by atoms with E-state index in [1.807, 2.05) is 37.3 Å². The summed E-state index contributed by atoms with van der Waals surface area (Å²) in [6.45, 7) is 8.58. The molecule has 7 nitrogen and oxygen atoms in total. The van der Waals surface area contributed by atoms with Crippen LogP contribution in [0.15, 0.2) is 52.9 Å². The fourth-order valence-electron chi connectivity index (χ4n) is 3.28. The summed E-state index contributed by atoms with van der Waals surface area (Å²) in [5, 5.41) is 0.814. The van der Waals surface area contributed by atoms with Crippen molar-refractivity contribution in [2.75, 3.05) is 24.6 Å². The number of nitrogens with zero attached hydrogens (tertiary/aromatic N) is 1. The van der Waals surface area contributed by atoms with Gasteiger partial charge in [-0.2, -0.15) is 0 Å². The van der Waals surface area contributed by atoms with Crippen LogP contribution in [0.1, 0.15) is 47.2 Å². The molecule has 3 rings (SSSR count). The molecule has 0 aliphatic carbocycles. The molecule has 0 aliphatic rings. The Morgan fingerprint density at radius 1 is 0.933 bits per heavy atom. The molecule has 0 fully saturated rings. The summed E-state index contributed by atoms with van der Waals surface area (Å²) >= 11 is 0. The van der Waals surface area contributed by atoms with Crippen molar-refractivity contribution in [2.45, 2.75) is 27.4 Å². The first-order chi connectivity index (χ1) is 14.6. The van der Waals surface area contributed by atoms with Crippen LogP contribution in [0.4, 0.5) is 5.69 Å². The van der Waals surface area contributed by atoms with E-state index in [4.69, 9.17) is 9.15 Å². The number of benzene rings is 2. The van der Waals surface area contributed by atoms with Gasteiger partial charge < -0.3 is 14.1 Å². The van der Waals surface area contributed by atoms with E-state index < -0.39 is 11.8 Å². The highest BCUT2D eigenvalue weighted by atomic mass is 16.5. The van der Waals surface area contributed by atoms with Crippen molar-refractivity contribution < 1.29 is 18.7 Å². The van der Waals surface area contributed by atoms with E-state index in [-0.39, 0.29) is 12.4 Å². The summed E-state index contributed by atoms with van der Waals surface area (Å²) in [4.78, 5) is 27.3. The van der Waals surface area contributed by atoms with Crippen LogP contribution < -0.4 is 15.8 Å². The summed E-state index contributed by atoms with van der Waals surface area (Å²) in [5.74, 6) is -0.812. The Labute approximate surface area is 176 Å². The van der Waals surface area contributed by atoms with E-state index in [1.54, 1.807) is 18.2 Å². The summed E-state index contributed by atoms with van der Waals surface area (Å²) in [6.07, 6.45) is 0. The maximum absolute atomic E-state index is 12.7. The number of nitrogens with one attached hydrogen (secondary N) is 2. The molecule has 0 spiro atoms. The van der Waals surface area contributed by atoms with Gasteiger partial charge in [0.1, 0.15) is 5.58 Å². The monoisotopic (exact) mass is 409 g/mol. The lowest BCUT2D eigenvalue weighted by molar-refractivity contribution is 0.0825. The Balaban J connectivity index is 1.70. The second-order valence-corrected chi connectivity index (χ2v) is 6.67. The molecule has 0 radical (unpaired) electrons. The zero-order chi connectivity index (χ0) is 21.5. The molecule has 2 amide bonds. The summed E-state index contributed by atoms with van der Waals surface area (Å²) < 4.78 is 11.2. The summed E-state index contributed by atoms with van der Waals surface area (Å²) in [5.41, 5.74) is 7.63. The van der Waals surface area contributed by atoms with Crippen LogP contribution in [0.25, 0.3) is 11.0 Å². The van der Waals surface area contributed by atoms with E-state index in [1.165, 1.54) is 0 Å². The molecule has 1 aromatic heterocycles. The molecule has 1 heterocycles. The third kappa shape index (κ3) is 4.63. The molecule has 3 aromatic rings. The van der Waals surface area contributed by atoms with Gasteiger partial charge in [-0.05, 0) is 51.1 Å². The van der Waals surface area contributed by atoms with Crippen LogP contribution >= 0.6 is 0 Å². The van der Waals surface area contributed by atoms with Crippen LogP contribution in [-0.2, 0) is 11.3 Å². The number of carbonyl (C=O) groups is 2. The number of amides is 2. The van der Waals surface area contributed by atoms with Gasteiger partial charge in [0.2, 0.25) is 0 Å². The van der Waals surface area contributed by atoms with E-state index >= 15 is 0 Å². The Kier molecular flexibility index (Phi) is 7.08. The van der Waals surface area contributed by atoms with Crippen LogP contribution in [0.3, 0.4) is 0 Å². The fraction of sp³-hybridized carbons (Fsp3) is 0.304. The van der Waals surface area contributed by atoms with Crippen molar-refractivity contribution >= 4 is 28.5 Å². The minimum absolute atomic E-state index is 0.127. The number of hydrogen-bond acceptors (Lipinski definition) is 5. The van der Waals surface area contributed by atoms with E-state index in [0.717, 1.165) is 24.2 Å². The maximum Gasteiger partial charge on any atom is 0.305 e. The van der Waals surface area contributed by atoms with Crippen molar-refractivity contribution in [2.24, 2.45) is 0 Å². The number of furan rings is 1. The minimum Gasteiger partial charge on any atom is -0.450 e. The third-order valence-corrected chi connectivity index (χ3v) is 4.90. The maximum atomic E-state index is 12.7. The first-order valence-electron chi connectivity index (χ1n) is 10.1. The van der Waals surface area contributed by atoms with Crippen LogP contribution in [0.5, 0.6) is 0 Å². The predicted molar refractivity (Wildman–Crippen MR) is 116 cm³/mol. The molecule has 158 valence electrons. The van der Waals surface area contributed by atoms with Crippen molar-refractivity contribution in [3.05, 3.63) is 65.4 Å². The van der Waals surface area contributed by atoms with Gasteiger partial charge >= 0.3 is 5.91 Å². The second-order valence-electron chi connectivity index (χ2n) is 6.67. The molecule has 0 unspecified atom stereocenters. The average molecular weight is 409 g/mol. The number of ether oxygens (including phenoxy) is 1. The molecule has 7 heteroatoms. The Morgan fingerprint density at radius 3 is 2.27 bits per heavy atom. The van der Waals surface area contributed by atoms with E-state index in [0.29, 0.717) is 23.3 Å². The van der Waals surface area contributed by atoms with Crippen LogP contribution in [0, 0.1) is 0 Å². The van der Waals surface area contributed by atoms with Crippen LogP contribution in [0.2, 0.25) is 0 Å². The minimum atomic E-state index is -0.533. The number of rotatable bonds is 8. The van der Waals surface area contributed by atoms with Gasteiger partial charge in [0.15, 0.2) is 5.76 Å². The molecule has 2 N–H and O–H groups in total. The average Bonchev–Trinajstić information content (AvgIpc) is 3.15. The van der Waals surface area contributed by atoms with Gasteiger partial charge in [-0.3, -0.25) is 20.4 Å². The van der Waals surface area contributed by atoms with Crippen molar-refractivity contribution in [1.82, 2.24) is 10.9 Å². The van der Waals surface area contributed by atoms with Gasteiger partial charge in [-0.15, -0.1) is 0 Å². The van der Waals surface area contributed by atoms with E-state index in [2.05, 4.69) is 29.6 Å².